The summed E-state index contributed by atoms with van der Waals surface area (Å²) in [6.45, 7) is 14.6. The molecule has 4 fully saturated rings. The predicted octanol–water partition coefficient (Wildman–Crippen LogP) is 5.47. The van der Waals surface area contributed by atoms with Crippen molar-refractivity contribution in [3.05, 3.63) is 29.4 Å². The van der Waals surface area contributed by atoms with E-state index in [-0.39, 0.29) is 50.7 Å². The first-order chi connectivity index (χ1) is 29.5. The van der Waals surface area contributed by atoms with Crippen molar-refractivity contribution in [3.63, 3.8) is 0 Å². The lowest BCUT2D eigenvalue weighted by Crippen LogP contribution is -2.59. The lowest BCUT2D eigenvalue weighted by atomic mass is 9.67. The van der Waals surface area contributed by atoms with E-state index in [1.807, 2.05) is 45.8 Å². The Hall–Kier alpha value is -3.78. The standard InChI is InChI=1S/C45H65FN6O10S/c1-12-32-43(8,57)30-17-16-28(51-58-21-29-15-14-27(20-48-29)39-49-33(47)22-63-39)19-45(26(6)35(24(30)4)50-34(53)13-2)44(9,62-45)38(25(5)37(55)42(7,46)41(56)60-32)61-40-36(54)31(52(10)11)18-23(3)59-40/h14-15,20,22-26,30-32,36,38,40,54,57H,12-13,16-19,21,47H2,1-11H3/b50-35?,51-28+/t23-,24-,25+,26+,30-,31+,32-,36-,38-,40+,42+,43+,44+,45?/m1/s1. The Labute approximate surface area is 373 Å². The number of alkyl halides is 1. The smallest absolute Gasteiger partial charge is 0.351 e. The van der Waals surface area contributed by atoms with Crippen LogP contribution >= 0.6 is 11.3 Å². The van der Waals surface area contributed by atoms with E-state index in [1.54, 1.807) is 38.4 Å². The van der Waals surface area contributed by atoms with Crippen LogP contribution in [-0.4, -0.2) is 127 Å². The number of carbonyl (C=O) groups excluding carboxylic acids is 3. The van der Waals surface area contributed by atoms with Crippen molar-refractivity contribution in [3.8, 4) is 10.6 Å². The molecule has 63 heavy (non-hydrogen) atoms. The molecular weight excluding hydrogens is 836 g/mol. The van der Waals surface area contributed by atoms with Gasteiger partial charge in [-0.15, -0.1) is 11.3 Å². The number of anilines is 1. The summed E-state index contributed by atoms with van der Waals surface area (Å²) in [5.41, 5.74) is 0.356. The third-order valence-electron chi connectivity index (χ3n) is 14.0. The lowest BCUT2D eigenvalue weighted by Gasteiger charge is -2.44. The lowest BCUT2D eigenvalue weighted by molar-refractivity contribution is -0.279. The Balaban J connectivity index is 1.50. The SMILES string of the molecule is CCC(=O)N=C1[C@H](C)[C@H]2CC/C(=N\OCc3ccc(-c4nc(N)cs4)cn3)CC3(O[C@@]3(C)[C@H](O[C@@H]3O[C@H](C)C[C@H](N(C)C)[C@H]3O)[C@@H](C)C(=O)[C@](C)(F)C(=O)O[C@H](CC)[C@@]2(C)O)[C@H]1C. The molecule has 5 heterocycles. The molecule has 2 bridgehead atoms. The number of aliphatic hydroxyl groups is 2. The van der Waals surface area contributed by atoms with Gasteiger partial charge in [0, 0.05) is 59.5 Å². The molecule has 4 N–H and O–H groups in total. The number of nitrogen functional groups attached to an aromatic ring is 1. The van der Waals surface area contributed by atoms with Gasteiger partial charge in [-0.1, -0.05) is 39.8 Å². The van der Waals surface area contributed by atoms with Crippen molar-refractivity contribution < 1.29 is 52.8 Å². The Morgan fingerprint density at radius 2 is 1.84 bits per heavy atom. The first-order valence-corrected chi connectivity index (χ1v) is 22.9. The molecule has 3 saturated heterocycles. The van der Waals surface area contributed by atoms with E-state index in [1.165, 1.54) is 25.2 Å². The molecule has 3 aliphatic heterocycles. The van der Waals surface area contributed by atoms with Crippen LogP contribution in [0.2, 0.25) is 0 Å². The second-order valence-corrected chi connectivity index (χ2v) is 19.4. The van der Waals surface area contributed by atoms with Crippen molar-refractivity contribution in [2.24, 2.45) is 33.8 Å². The molecule has 1 spiro atoms. The van der Waals surface area contributed by atoms with E-state index in [2.05, 4.69) is 15.1 Å². The van der Waals surface area contributed by atoms with Gasteiger partial charge >= 0.3 is 5.97 Å². The summed E-state index contributed by atoms with van der Waals surface area (Å²) in [6.07, 6.45) is -2.54. The summed E-state index contributed by atoms with van der Waals surface area (Å²) < 4.78 is 42.7. The fraction of sp³-hybridized carbons (Fsp3) is 0.711. The number of hydrogen-bond donors (Lipinski definition) is 3. The molecule has 348 valence electrons. The largest absolute Gasteiger partial charge is 0.457 e. The Morgan fingerprint density at radius 3 is 2.44 bits per heavy atom. The molecule has 2 aromatic heterocycles. The van der Waals surface area contributed by atoms with Crippen molar-refractivity contribution in [2.75, 3.05) is 19.8 Å². The number of thiazole rings is 1. The molecule has 2 aromatic rings. The average molecular weight is 901 g/mol. The number of ketones is 1. The van der Waals surface area contributed by atoms with E-state index in [0.29, 0.717) is 29.4 Å². The molecule has 1 saturated carbocycles. The highest BCUT2D eigenvalue weighted by molar-refractivity contribution is 7.13. The van der Waals surface area contributed by atoms with Gasteiger partial charge in [0.05, 0.1) is 17.5 Å². The van der Waals surface area contributed by atoms with Crippen LogP contribution in [0.3, 0.4) is 0 Å². The zero-order valence-electron chi connectivity index (χ0n) is 38.3. The second-order valence-electron chi connectivity index (χ2n) is 18.6. The van der Waals surface area contributed by atoms with Crippen molar-refractivity contribution in [1.82, 2.24) is 14.9 Å². The fourth-order valence-electron chi connectivity index (χ4n) is 10.2. The van der Waals surface area contributed by atoms with Crippen LogP contribution in [0.25, 0.3) is 10.6 Å². The minimum atomic E-state index is -3.18. The number of carbonyl (C=O) groups is 3. The predicted molar refractivity (Wildman–Crippen MR) is 234 cm³/mol. The van der Waals surface area contributed by atoms with Crippen molar-refractivity contribution in [1.29, 1.82) is 0 Å². The molecule has 0 aromatic carbocycles. The van der Waals surface area contributed by atoms with E-state index in [0.717, 1.165) is 17.5 Å². The van der Waals surface area contributed by atoms with Crippen molar-refractivity contribution in [2.45, 2.75) is 167 Å². The number of aliphatic hydroxyl groups excluding tert-OH is 1. The van der Waals surface area contributed by atoms with E-state index in [4.69, 9.17) is 34.5 Å². The van der Waals surface area contributed by atoms with Crippen LogP contribution in [0.15, 0.2) is 33.9 Å². The normalized spacial score (nSPS) is 40.2. The number of rotatable bonds is 9. The average Bonchev–Trinajstić information content (AvgIpc) is 3.58. The second kappa shape index (κ2) is 18.6. The molecule has 6 rings (SSSR count). The number of nitrogens with two attached hydrogens (primary N) is 1. The van der Waals surface area contributed by atoms with Gasteiger partial charge in [0.1, 0.15) is 45.9 Å². The number of fused-ring (bicyclic) bond motifs is 3. The topological polar surface area (TPSA) is 221 Å². The van der Waals surface area contributed by atoms with Crippen LogP contribution in [0.1, 0.15) is 107 Å². The van der Waals surface area contributed by atoms with Crippen LogP contribution < -0.4 is 5.73 Å². The van der Waals surface area contributed by atoms with Gasteiger partial charge in [0.15, 0.2) is 18.7 Å². The molecule has 1 aliphatic carbocycles. The number of nitrogens with zero attached hydrogens (tertiary/aromatic N) is 5. The summed E-state index contributed by atoms with van der Waals surface area (Å²) in [4.78, 5) is 63.3. The minimum absolute atomic E-state index is 0.00206. The highest BCUT2D eigenvalue weighted by atomic mass is 32.1. The van der Waals surface area contributed by atoms with Gasteiger partial charge in [0.25, 0.3) is 5.67 Å². The van der Waals surface area contributed by atoms with Crippen molar-refractivity contribution >= 4 is 46.2 Å². The number of ether oxygens (including phenoxy) is 4. The number of oxime groups is 1. The third kappa shape index (κ3) is 9.36. The minimum Gasteiger partial charge on any atom is -0.457 e. The van der Waals surface area contributed by atoms with Gasteiger partial charge in [-0.3, -0.25) is 14.6 Å². The Morgan fingerprint density at radius 1 is 1.13 bits per heavy atom. The maximum atomic E-state index is 17.0. The summed E-state index contributed by atoms with van der Waals surface area (Å²) >= 11 is 1.41. The van der Waals surface area contributed by atoms with E-state index >= 15 is 4.39 Å². The molecule has 14 atom stereocenters. The molecule has 0 radical (unpaired) electrons. The number of esters is 1. The number of epoxide rings is 1. The third-order valence-corrected chi connectivity index (χ3v) is 14.9. The molecule has 4 aliphatic rings. The zero-order chi connectivity index (χ0) is 46.4. The van der Waals surface area contributed by atoms with Gasteiger partial charge in [-0.05, 0) is 85.5 Å². The summed E-state index contributed by atoms with van der Waals surface area (Å²) in [5, 5.41) is 31.4. The number of aromatic nitrogens is 2. The number of halogens is 1. The molecule has 16 nitrogen and oxygen atoms in total. The molecule has 18 heteroatoms. The summed E-state index contributed by atoms with van der Waals surface area (Å²) in [5.74, 6) is -6.03. The number of hydrogen-bond acceptors (Lipinski definition) is 16. The molecule has 1 amide bonds. The summed E-state index contributed by atoms with van der Waals surface area (Å²) in [6, 6.07) is 3.28. The maximum Gasteiger partial charge on any atom is 0.351 e. The van der Waals surface area contributed by atoms with Gasteiger partial charge < -0.3 is 44.6 Å². The first-order valence-electron chi connectivity index (χ1n) is 22.0. The van der Waals surface area contributed by atoms with Crippen LogP contribution in [0, 0.1) is 23.7 Å². The highest BCUT2D eigenvalue weighted by Gasteiger charge is 2.76. The Kier molecular flexibility index (Phi) is 14.4. The van der Waals surface area contributed by atoms with Gasteiger partial charge in [-0.2, -0.15) is 0 Å². The number of cyclic esters (lactones) is 1. The number of likely N-dealkylation sites (N-methyl/N-ethyl adjacent to an activating group) is 1. The quantitative estimate of drug-likeness (QED) is 0.123. The summed E-state index contributed by atoms with van der Waals surface area (Å²) in [7, 11) is 3.66. The Bertz CT molecular complexity index is 2060. The fourth-order valence-corrected chi connectivity index (χ4v) is 10.9. The van der Waals surface area contributed by atoms with E-state index < -0.39 is 88.5 Å². The van der Waals surface area contributed by atoms with Gasteiger partial charge in [0.2, 0.25) is 5.91 Å². The maximum absolute atomic E-state index is 17.0. The number of pyridine rings is 1. The number of Topliss-reactive ketones (excluding diaryl/α,β-unsaturated/α-hetero) is 1. The first kappa shape index (κ1) is 48.7. The molecular formula is C45H65FN6O10S. The monoisotopic (exact) mass is 900 g/mol. The van der Waals surface area contributed by atoms with Gasteiger partial charge in [-0.25, -0.2) is 19.2 Å². The van der Waals surface area contributed by atoms with Crippen LogP contribution in [-0.2, 0) is 44.8 Å². The zero-order valence-corrected chi connectivity index (χ0v) is 39.1. The molecule has 1 unspecified atom stereocenters. The number of amides is 1. The highest BCUT2D eigenvalue weighted by Crippen LogP contribution is 2.62. The van der Waals surface area contributed by atoms with Crippen LogP contribution in [0.5, 0.6) is 0 Å². The van der Waals surface area contributed by atoms with Crippen LogP contribution in [0.4, 0.5) is 10.2 Å². The van der Waals surface area contributed by atoms with E-state index in [9.17, 15) is 24.6 Å². The number of aliphatic imine (C=N–C) groups is 1.